The maximum absolute atomic E-state index is 12.2. The van der Waals surface area contributed by atoms with Gasteiger partial charge in [-0.3, -0.25) is 9.89 Å². The lowest BCUT2D eigenvalue weighted by molar-refractivity contribution is -0.134. The van der Waals surface area contributed by atoms with Gasteiger partial charge >= 0.3 is 0 Å². The van der Waals surface area contributed by atoms with Crippen LogP contribution in [0.2, 0.25) is 0 Å². The summed E-state index contributed by atoms with van der Waals surface area (Å²) in [4.78, 5) is 18.6. The summed E-state index contributed by atoms with van der Waals surface area (Å²) in [5, 5.41) is 7.10. The van der Waals surface area contributed by atoms with Crippen LogP contribution < -0.4 is 0 Å². The number of ether oxygens (including phenoxy) is 1. The number of nitrogens with one attached hydrogen (secondary N) is 1. The van der Waals surface area contributed by atoms with Gasteiger partial charge in [0.25, 0.3) is 0 Å². The molecule has 1 aromatic rings. The fourth-order valence-corrected chi connectivity index (χ4v) is 3.75. The van der Waals surface area contributed by atoms with Gasteiger partial charge in [0.05, 0.1) is 12.7 Å². The highest BCUT2D eigenvalue weighted by Crippen LogP contribution is 2.38. The number of rotatable bonds is 3. The van der Waals surface area contributed by atoms with E-state index in [1.165, 1.54) is 0 Å². The van der Waals surface area contributed by atoms with Crippen LogP contribution in [-0.4, -0.2) is 51.8 Å². The summed E-state index contributed by atoms with van der Waals surface area (Å²) in [5.41, 5.74) is 0. The summed E-state index contributed by atoms with van der Waals surface area (Å²) in [7, 11) is 0. The van der Waals surface area contributed by atoms with Crippen LogP contribution in [0.3, 0.4) is 0 Å². The van der Waals surface area contributed by atoms with E-state index in [1.54, 1.807) is 0 Å². The molecule has 0 radical (unpaired) electrons. The number of aromatic nitrogens is 3. The summed E-state index contributed by atoms with van der Waals surface area (Å²) in [6.45, 7) is 4.46. The molecule has 1 aliphatic carbocycles. The Hall–Kier alpha value is -1.43. The van der Waals surface area contributed by atoms with Crippen LogP contribution in [0.15, 0.2) is 0 Å². The van der Waals surface area contributed by atoms with Crippen LogP contribution >= 0.6 is 0 Å². The van der Waals surface area contributed by atoms with Crippen molar-refractivity contribution in [2.75, 3.05) is 19.7 Å². The smallest absolute Gasteiger partial charge is 0.225 e. The molecule has 2 saturated heterocycles. The van der Waals surface area contributed by atoms with Gasteiger partial charge in [-0.05, 0) is 32.1 Å². The maximum atomic E-state index is 12.2. The van der Waals surface area contributed by atoms with Gasteiger partial charge < -0.3 is 9.64 Å². The Morgan fingerprint density at radius 2 is 2.29 bits per heavy atom. The second-order valence-corrected chi connectivity index (χ2v) is 6.68. The lowest BCUT2D eigenvalue weighted by Gasteiger charge is -2.35. The van der Waals surface area contributed by atoms with Gasteiger partial charge in [0.15, 0.2) is 5.82 Å². The lowest BCUT2D eigenvalue weighted by atomic mass is 9.83. The second kappa shape index (κ2) is 5.09. The minimum atomic E-state index is 0.211. The molecule has 0 spiro atoms. The number of aryl methyl sites for hydroxylation is 1. The van der Waals surface area contributed by atoms with Gasteiger partial charge in [0.1, 0.15) is 5.82 Å². The third-order valence-corrected chi connectivity index (χ3v) is 5.06. The van der Waals surface area contributed by atoms with E-state index in [1.807, 2.05) is 6.92 Å². The highest BCUT2D eigenvalue weighted by atomic mass is 16.5. The molecule has 3 aliphatic rings. The first kappa shape index (κ1) is 13.2. The van der Waals surface area contributed by atoms with E-state index in [9.17, 15) is 4.79 Å². The Bertz CT molecular complexity index is 540. The zero-order valence-corrected chi connectivity index (χ0v) is 12.4. The monoisotopic (exact) mass is 290 g/mol. The quantitative estimate of drug-likeness (QED) is 0.899. The molecular weight excluding hydrogens is 268 g/mol. The van der Waals surface area contributed by atoms with Crippen molar-refractivity contribution < 1.29 is 9.53 Å². The predicted molar refractivity (Wildman–Crippen MR) is 75.5 cm³/mol. The summed E-state index contributed by atoms with van der Waals surface area (Å²) >= 11 is 0. The lowest BCUT2D eigenvalue weighted by Crippen LogP contribution is -2.45. The molecule has 6 heteroatoms. The topological polar surface area (TPSA) is 71.1 Å². The number of nitrogens with zero attached hydrogens (tertiary/aromatic N) is 3. The van der Waals surface area contributed by atoms with Gasteiger partial charge in [0, 0.05) is 31.3 Å². The summed E-state index contributed by atoms with van der Waals surface area (Å²) in [6.07, 6.45) is 4.22. The normalized spacial score (nSPS) is 32.2. The summed E-state index contributed by atoms with van der Waals surface area (Å²) in [6, 6.07) is 0. The van der Waals surface area contributed by atoms with Crippen molar-refractivity contribution in [3.63, 3.8) is 0 Å². The Labute approximate surface area is 124 Å². The first-order valence-corrected chi connectivity index (χ1v) is 7.99. The largest absolute Gasteiger partial charge is 0.377 e. The predicted octanol–water partition coefficient (Wildman–Crippen LogP) is 0.929. The molecule has 3 fully saturated rings. The first-order valence-electron chi connectivity index (χ1n) is 7.99. The standard InChI is InChI=1S/C15H22N4O2/c1-9-16-14(18-17-9)6-13-12-4-5-19(7-11(12)8-21-13)15(20)10-2-3-10/h10-13H,2-8H2,1H3,(H,16,17,18)/t11-,12-,13+/m1/s1. The van der Waals surface area contributed by atoms with Crippen molar-refractivity contribution in [1.82, 2.24) is 20.1 Å². The molecule has 4 rings (SSSR count). The van der Waals surface area contributed by atoms with Crippen LogP contribution in [0.5, 0.6) is 0 Å². The van der Waals surface area contributed by atoms with E-state index < -0.39 is 0 Å². The molecule has 1 N–H and O–H groups in total. The number of carbonyl (C=O) groups is 1. The van der Waals surface area contributed by atoms with Crippen LogP contribution in [0.4, 0.5) is 0 Å². The van der Waals surface area contributed by atoms with Crippen molar-refractivity contribution in [3.8, 4) is 0 Å². The number of hydrogen-bond donors (Lipinski definition) is 1. The second-order valence-electron chi connectivity index (χ2n) is 6.68. The molecule has 3 heterocycles. The van der Waals surface area contributed by atoms with E-state index in [-0.39, 0.29) is 6.10 Å². The van der Waals surface area contributed by atoms with E-state index in [2.05, 4.69) is 20.1 Å². The average Bonchev–Trinajstić information content (AvgIpc) is 3.15. The summed E-state index contributed by atoms with van der Waals surface area (Å²) < 4.78 is 5.99. The Kier molecular flexibility index (Phi) is 3.21. The third-order valence-electron chi connectivity index (χ3n) is 5.06. The molecule has 114 valence electrons. The number of hydrogen-bond acceptors (Lipinski definition) is 4. The minimum absolute atomic E-state index is 0.211. The Balaban J connectivity index is 1.38. The van der Waals surface area contributed by atoms with Gasteiger partial charge in [-0.1, -0.05) is 0 Å². The molecular formula is C15H22N4O2. The third kappa shape index (κ3) is 2.57. The number of carbonyl (C=O) groups excluding carboxylic acids is 1. The number of H-pyrrole nitrogens is 1. The zero-order chi connectivity index (χ0) is 14.4. The molecule has 0 unspecified atom stereocenters. The molecule has 2 aliphatic heterocycles. The minimum Gasteiger partial charge on any atom is -0.377 e. The first-order chi connectivity index (χ1) is 10.2. The molecule has 1 amide bonds. The van der Waals surface area contributed by atoms with Crippen molar-refractivity contribution in [2.45, 2.75) is 38.7 Å². The van der Waals surface area contributed by atoms with Gasteiger partial charge in [-0.25, -0.2) is 4.98 Å². The Morgan fingerprint density at radius 1 is 1.43 bits per heavy atom. The molecule has 1 saturated carbocycles. The highest BCUT2D eigenvalue weighted by Gasteiger charge is 2.44. The number of piperidine rings is 1. The van der Waals surface area contributed by atoms with Crippen LogP contribution in [0.1, 0.15) is 30.9 Å². The van der Waals surface area contributed by atoms with Gasteiger partial charge in [-0.2, -0.15) is 5.10 Å². The molecule has 21 heavy (non-hydrogen) atoms. The molecule has 0 bridgehead atoms. The van der Waals surface area contributed by atoms with Crippen molar-refractivity contribution >= 4 is 5.91 Å². The van der Waals surface area contributed by atoms with E-state index in [4.69, 9.17) is 4.74 Å². The van der Waals surface area contributed by atoms with Crippen molar-refractivity contribution in [1.29, 1.82) is 0 Å². The van der Waals surface area contributed by atoms with Crippen molar-refractivity contribution in [3.05, 3.63) is 11.6 Å². The molecule has 3 atom stereocenters. The van der Waals surface area contributed by atoms with Gasteiger partial charge in [-0.15, -0.1) is 0 Å². The van der Waals surface area contributed by atoms with Crippen LogP contribution in [-0.2, 0) is 16.0 Å². The maximum Gasteiger partial charge on any atom is 0.225 e. The van der Waals surface area contributed by atoms with Crippen molar-refractivity contribution in [2.24, 2.45) is 17.8 Å². The van der Waals surface area contributed by atoms with E-state index in [0.29, 0.717) is 23.7 Å². The number of amides is 1. The molecule has 6 nitrogen and oxygen atoms in total. The zero-order valence-electron chi connectivity index (χ0n) is 12.4. The van der Waals surface area contributed by atoms with Crippen LogP contribution in [0, 0.1) is 24.7 Å². The fourth-order valence-electron chi connectivity index (χ4n) is 3.75. The average molecular weight is 290 g/mol. The fraction of sp³-hybridized carbons (Fsp3) is 0.800. The number of aromatic amines is 1. The number of likely N-dealkylation sites (tertiary alicyclic amines) is 1. The summed E-state index contributed by atoms with van der Waals surface area (Å²) in [5.74, 6) is 3.44. The van der Waals surface area contributed by atoms with Gasteiger partial charge in [0.2, 0.25) is 5.91 Å². The SMILES string of the molecule is Cc1nc(C[C@@H]2OC[C@H]3CN(C(=O)C4CC4)CC[C@H]32)n[nH]1. The van der Waals surface area contributed by atoms with E-state index in [0.717, 1.165) is 57.0 Å². The number of fused-ring (bicyclic) bond motifs is 1. The van der Waals surface area contributed by atoms with E-state index >= 15 is 0 Å². The highest BCUT2D eigenvalue weighted by molar-refractivity contribution is 5.81. The molecule has 1 aromatic heterocycles. The molecule has 0 aromatic carbocycles. The Morgan fingerprint density at radius 3 is 3.00 bits per heavy atom. The van der Waals surface area contributed by atoms with Crippen LogP contribution in [0.25, 0.3) is 0 Å².